The van der Waals surface area contributed by atoms with Gasteiger partial charge in [0.15, 0.2) is 0 Å². The highest BCUT2D eigenvalue weighted by Gasteiger charge is 2.12. The molecule has 2 nitrogen and oxygen atoms in total. The minimum atomic E-state index is 0.0971. The van der Waals surface area contributed by atoms with Crippen molar-refractivity contribution in [3.63, 3.8) is 0 Å². The molecule has 0 amide bonds. The minimum absolute atomic E-state index is 0.0971. The lowest BCUT2D eigenvalue weighted by Gasteiger charge is -2.11. The summed E-state index contributed by atoms with van der Waals surface area (Å²) in [5, 5.41) is 23.9. The lowest BCUT2D eigenvalue weighted by Crippen LogP contribution is -1.90. The average molecular weight is 260 g/mol. The SMILES string of the molecule is CC(C)c1c(O)cc(/C=C/c2ccsc2)cc1O. The Morgan fingerprint density at radius 3 is 2.17 bits per heavy atom. The molecule has 2 rings (SSSR count). The van der Waals surface area contributed by atoms with Crippen molar-refractivity contribution in [1.29, 1.82) is 0 Å². The summed E-state index contributed by atoms with van der Waals surface area (Å²) < 4.78 is 0. The summed E-state index contributed by atoms with van der Waals surface area (Å²) in [5.74, 6) is 0.393. The van der Waals surface area contributed by atoms with Crippen molar-refractivity contribution in [1.82, 2.24) is 0 Å². The molecule has 1 aromatic carbocycles. The third-order valence-corrected chi connectivity index (χ3v) is 3.45. The Morgan fingerprint density at radius 1 is 1.06 bits per heavy atom. The van der Waals surface area contributed by atoms with Crippen LogP contribution in [0.15, 0.2) is 29.0 Å². The van der Waals surface area contributed by atoms with Crippen molar-refractivity contribution in [3.05, 3.63) is 45.6 Å². The Labute approximate surface area is 111 Å². The van der Waals surface area contributed by atoms with E-state index >= 15 is 0 Å². The van der Waals surface area contributed by atoms with Crippen molar-refractivity contribution in [2.75, 3.05) is 0 Å². The maximum Gasteiger partial charge on any atom is 0.123 e. The summed E-state index contributed by atoms with van der Waals surface area (Å²) in [4.78, 5) is 0. The molecule has 0 fully saturated rings. The molecule has 0 radical (unpaired) electrons. The van der Waals surface area contributed by atoms with Gasteiger partial charge in [0, 0.05) is 5.56 Å². The van der Waals surface area contributed by atoms with Gasteiger partial charge in [-0.05, 0) is 46.0 Å². The summed E-state index contributed by atoms with van der Waals surface area (Å²) in [6.07, 6.45) is 3.84. The zero-order valence-electron chi connectivity index (χ0n) is 10.4. The Balaban J connectivity index is 2.31. The van der Waals surface area contributed by atoms with Crippen LogP contribution in [0.2, 0.25) is 0 Å². The van der Waals surface area contributed by atoms with Crippen LogP contribution in [0.5, 0.6) is 11.5 Å². The zero-order chi connectivity index (χ0) is 13.1. The van der Waals surface area contributed by atoms with E-state index < -0.39 is 0 Å². The van der Waals surface area contributed by atoms with Crippen LogP contribution in [0.4, 0.5) is 0 Å². The number of hydrogen-bond donors (Lipinski definition) is 2. The van der Waals surface area contributed by atoms with Crippen molar-refractivity contribution in [2.45, 2.75) is 19.8 Å². The van der Waals surface area contributed by atoms with Crippen LogP contribution < -0.4 is 0 Å². The normalized spacial score (nSPS) is 11.5. The molecule has 1 aromatic heterocycles. The monoisotopic (exact) mass is 260 g/mol. The molecule has 0 saturated heterocycles. The molecule has 0 spiro atoms. The first-order chi connectivity index (χ1) is 8.58. The lowest BCUT2D eigenvalue weighted by molar-refractivity contribution is 0.433. The number of aromatic hydroxyl groups is 2. The first kappa shape index (κ1) is 12.7. The van der Waals surface area contributed by atoms with Crippen LogP contribution in [-0.2, 0) is 0 Å². The van der Waals surface area contributed by atoms with Crippen molar-refractivity contribution < 1.29 is 10.2 Å². The molecule has 0 aliphatic heterocycles. The van der Waals surface area contributed by atoms with Gasteiger partial charge in [-0.25, -0.2) is 0 Å². The van der Waals surface area contributed by atoms with Crippen LogP contribution in [0, 0.1) is 0 Å². The highest BCUT2D eigenvalue weighted by molar-refractivity contribution is 7.08. The van der Waals surface area contributed by atoms with Crippen molar-refractivity contribution in [3.8, 4) is 11.5 Å². The highest BCUT2D eigenvalue weighted by atomic mass is 32.1. The van der Waals surface area contributed by atoms with E-state index in [0.717, 1.165) is 11.1 Å². The summed E-state index contributed by atoms with van der Waals surface area (Å²) in [5.41, 5.74) is 2.51. The standard InChI is InChI=1S/C15H16O2S/c1-10(2)15-13(16)7-12(8-14(15)17)4-3-11-5-6-18-9-11/h3-10,16-17H,1-2H3/b4-3+. The summed E-state index contributed by atoms with van der Waals surface area (Å²) in [6, 6.07) is 5.37. The summed E-state index contributed by atoms with van der Waals surface area (Å²) >= 11 is 1.64. The fraction of sp³-hybridized carbons (Fsp3) is 0.200. The minimum Gasteiger partial charge on any atom is -0.507 e. The molecule has 0 bridgehead atoms. The first-order valence-corrected chi connectivity index (χ1v) is 6.78. The molecule has 3 heteroatoms. The number of hydrogen-bond acceptors (Lipinski definition) is 3. The first-order valence-electron chi connectivity index (χ1n) is 5.84. The molecule has 0 unspecified atom stereocenters. The molecular weight excluding hydrogens is 244 g/mol. The molecule has 0 aliphatic rings. The summed E-state index contributed by atoms with van der Waals surface area (Å²) in [6.45, 7) is 3.88. The van der Waals surface area contributed by atoms with Gasteiger partial charge in [0.25, 0.3) is 0 Å². The van der Waals surface area contributed by atoms with Gasteiger partial charge in [0.2, 0.25) is 0 Å². The third-order valence-electron chi connectivity index (χ3n) is 2.75. The quantitative estimate of drug-likeness (QED) is 0.855. The predicted molar refractivity (Wildman–Crippen MR) is 77.1 cm³/mol. The largest absolute Gasteiger partial charge is 0.507 e. The molecule has 0 saturated carbocycles. The van der Waals surface area contributed by atoms with Gasteiger partial charge >= 0.3 is 0 Å². The third kappa shape index (κ3) is 2.74. The van der Waals surface area contributed by atoms with Gasteiger partial charge in [-0.15, -0.1) is 0 Å². The van der Waals surface area contributed by atoms with E-state index in [2.05, 4.69) is 0 Å². The van der Waals surface area contributed by atoms with E-state index in [1.165, 1.54) is 0 Å². The number of phenols is 2. The Bertz CT molecular complexity index is 531. The fourth-order valence-corrected chi connectivity index (χ4v) is 2.52. The second-order valence-corrected chi connectivity index (χ2v) is 5.30. The van der Waals surface area contributed by atoms with Gasteiger partial charge < -0.3 is 10.2 Å². The lowest BCUT2D eigenvalue weighted by atomic mass is 9.98. The van der Waals surface area contributed by atoms with Gasteiger partial charge in [-0.2, -0.15) is 11.3 Å². The molecule has 0 atom stereocenters. The average Bonchev–Trinajstić information content (AvgIpc) is 2.77. The molecule has 18 heavy (non-hydrogen) atoms. The topological polar surface area (TPSA) is 40.5 Å². The Hall–Kier alpha value is -1.74. The van der Waals surface area contributed by atoms with E-state index in [9.17, 15) is 10.2 Å². The van der Waals surface area contributed by atoms with Crippen LogP contribution in [0.3, 0.4) is 0 Å². The molecular formula is C15H16O2S. The van der Waals surface area contributed by atoms with E-state index in [4.69, 9.17) is 0 Å². The second kappa shape index (κ2) is 5.27. The number of rotatable bonds is 3. The smallest absolute Gasteiger partial charge is 0.123 e. The zero-order valence-corrected chi connectivity index (χ0v) is 11.2. The number of phenolic OH excluding ortho intramolecular Hbond substituents is 2. The van der Waals surface area contributed by atoms with Gasteiger partial charge in [0.1, 0.15) is 11.5 Å². The summed E-state index contributed by atoms with van der Waals surface area (Å²) in [7, 11) is 0. The van der Waals surface area contributed by atoms with Crippen molar-refractivity contribution >= 4 is 23.5 Å². The number of thiophene rings is 1. The van der Waals surface area contributed by atoms with E-state index in [-0.39, 0.29) is 17.4 Å². The van der Waals surface area contributed by atoms with Crippen LogP contribution in [0.1, 0.15) is 36.5 Å². The van der Waals surface area contributed by atoms with E-state index in [1.54, 1.807) is 23.5 Å². The molecule has 1 heterocycles. The van der Waals surface area contributed by atoms with Crippen molar-refractivity contribution in [2.24, 2.45) is 0 Å². The maximum atomic E-state index is 9.91. The van der Waals surface area contributed by atoms with Gasteiger partial charge in [-0.1, -0.05) is 26.0 Å². The fourth-order valence-electron chi connectivity index (χ4n) is 1.89. The predicted octanol–water partition coefficient (Wildman–Crippen LogP) is 4.45. The van der Waals surface area contributed by atoms with E-state index in [0.29, 0.717) is 5.56 Å². The second-order valence-electron chi connectivity index (χ2n) is 4.52. The van der Waals surface area contributed by atoms with Gasteiger partial charge in [0.05, 0.1) is 0 Å². The van der Waals surface area contributed by atoms with Gasteiger partial charge in [-0.3, -0.25) is 0 Å². The number of benzene rings is 1. The highest BCUT2D eigenvalue weighted by Crippen LogP contribution is 2.35. The molecule has 2 aromatic rings. The molecule has 2 N–H and O–H groups in total. The molecule has 94 valence electrons. The Kier molecular flexibility index (Phi) is 3.72. The van der Waals surface area contributed by atoms with E-state index in [1.807, 2.05) is 42.8 Å². The van der Waals surface area contributed by atoms with Crippen LogP contribution in [-0.4, -0.2) is 10.2 Å². The van der Waals surface area contributed by atoms with Crippen LogP contribution in [0.25, 0.3) is 12.2 Å². The van der Waals surface area contributed by atoms with Crippen LogP contribution >= 0.6 is 11.3 Å². The maximum absolute atomic E-state index is 9.91. The molecule has 0 aliphatic carbocycles. The Morgan fingerprint density at radius 2 is 1.67 bits per heavy atom.